The molecule has 4 rings (SSSR count). The van der Waals surface area contributed by atoms with Crippen molar-refractivity contribution in [3.05, 3.63) is 35.5 Å². The average Bonchev–Trinajstić information content (AvgIpc) is 3.15. The molecule has 0 radical (unpaired) electrons. The van der Waals surface area contributed by atoms with Crippen LogP contribution in [0.15, 0.2) is 30.6 Å². The van der Waals surface area contributed by atoms with E-state index in [0.29, 0.717) is 17.0 Å². The Kier molecular flexibility index (Phi) is 3.63. The third-order valence-electron chi connectivity index (χ3n) is 4.42. The lowest BCUT2D eigenvalue weighted by Crippen LogP contribution is -2.47. The summed E-state index contributed by atoms with van der Waals surface area (Å²) >= 11 is 1.40. The summed E-state index contributed by atoms with van der Waals surface area (Å²) < 4.78 is 0. The van der Waals surface area contributed by atoms with Crippen LogP contribution in [0.2, 0.25) is 0 Å². The third-order valence-corrected chi connectivity index (χ3v) is 5.44. The summed E-state index contributed by atoms with van der Waals surface area (Å²) in [5, 5.41) is 7.55. The Labute approximate surface area is 133 Å². The lowest BCUT2D eigenvalue weighted by atomic mass is 10.00. The summed E-state index contributed by atoms with van der Waals surface area (Å²) in [6.07, 6.45) is 7.94. The Morgan fingerprint density at radius 3 is 2.77 bits per heavy atom. The predicted molar refractivity (Wildman–Crippen MR) is 85.8 cm³/mol. The topological polar surface area (TPSA) is 66.9 Å². The fourth-order valence-electron chi connectivity index (χ4n) is 3.42. The van der Waals surface area contributed by atoms with Crippen LogP contribution in [0.5, 0.6) is 0 Å². The molecule has 2 atom stereocenters. The van der Waals surface area contributed by atoms with E-state index in [-0.39, 0.29) is 11.9 Å². The minimum Gasteiger partial charge on any atom is -0.348 e. The van der Waals surface area contributed by atoms with Crippen molar-refractivity contribution >= 4 is 17.2 Å². The summed E-state index contributed by atoms with van der Waals surface area (Å²) in [5.74, 6) is -0.00835. The van der Waals surface area contributed by atoms with E-state index in [9.17, 15) is 4.79 Å². The number of hydrogen-bond donors (Lipinski definition) is 2. The maximum absolute atomic E-state index is 12.4. The van der Waals surface area contributed by atoms with Crippen LogP contribution in [0.4, 0.5) is 0 Å². The van der Waals surface area contributed by atoms with Crippen LogP contribution in [0.25, 0.3) is 10.7 Å². The van der Waals surface area contributed by atoms with Crippen LogP contribution in [0.1, 0.15) is 35.4 Å². The highest BCUT2D eigenvalue weighted by Crippen LogP contribution is 2.28. The Morgan fingerprint density at radius 2 is 2.05 bits per heavy atom. The molecule has 1 amide bonds. The molecule has 6 heteroatoms. The number of rotatable bonds is 3. The zero-order valence-corrected chi connectivity index (χ0v) is 13.0. The molecule has 4 heterocycles. The van der Waals surface area contributed by atoms with Crippen LogP contribution in [0, 0.1) is 0 Å². The Hall–Kier alpha value is -1.79. The maximum atomic E-state index is 12.4. The van der Waals surface area contributed by atoms with Crippen molar-refractivity contribution in [1.29, 1.82) is 0 Å². The molecular weight excluding hydrogens is 296 g/mol. The van der Waals surface area contributed by atoms with Crippen molar-refractivity contribution < 1.29 is 4.79 Å². The largest absolute Gasteiger partial charge is 0.348 e. The molecule has 0 saturated carbocycles. The Balaban J connectivity index is 1.44. The summed E-state index contributed by atoms with van der Waals surface area (Å²) in [6.45, 7) is 0. The first-order chi connectivity index (χ1) is 10.8. The fraction of sp³-hybridized carbons (Fsp3) is 0.438. The van der Waals surface area contributed by atoms with Crippen LogP contribution in [-0.4, -0.2) is 34.0 Å². The van der Waals surface area contributed by atoms with Gasteiger partial charge in [-0.05, 0) is 37.8 Å². The molecule has 0 spiro atoms. The minimum absolute atomic E-state index is 0.00835. The van der Waals surface area contributed by atoms with Gasteiger partial charge < -0.3 is 10.6 Å². The number of thiazole rings is 1. The highest BCUT2D eigenvalue weighted by molar-refractivity contribution is 7.16. The number of piperidine rings is 1. The molecule has 2 fully saturated rings. The standard InChI is InChI=1S/C16H18N4OS/c21-15(20-12-7-10-4-5-11(8-12)19-10)14-9-18-16(22-14)13-3-1-2-6-17-13/h1-3,6,9-12,19H,4-5,7-8H2,(H,20,21). The number of nitrogens with zero attached hydrogens (tertiary/aromatic N) is 2. The molecule has 0 aromatic carbocycles. The van der Waals surface area contributed by atoms with Crippen molar-refractivity contribution in [1.82, 2.24) is 20.6 Å². The van der Waals surface area contributed by atoms with Gasteiger partial charge in [-0.2, -0.15) is 0 Å². The first kappa shape index (κ1) is 13.8. The molecule has 2 aromatic heterocycles. The summed E-state index contributed by atoms with van der Waals surface area (Å²) in [7, 11) is 0. The first-order valence-electron chi connectivity index (χ1n) is 7.72. The number of pyridine rings is 1. The zero-order valence-electron chi connectivity index (χ0n) is 12.2. The van der Waals surface area contributed by atoms with Crippen LogP contribution in [0.3, 0.4) is 0 Å². The van der Waals surface area contributed by atoms with Gasteiger partial charge >= 0.3 is 0 Å². The van der Waals surface area contributed by atoms with Crippen LogP contribution >= 0.6 is 11.3 Å². The molecule has 2 aliphatic heterocycles. The quantitative estimate of drug-likeness (QED) is 0.911. The smallest absolute Gasteiger partial charge is 0.263 e. The van der Waals surface area contributed by atoms with E-state index in [4.69, 9.17) is 0 Å². The lowest BCUT2D eigenvalue weighted by molar-refractivity contribution is 0.0928. The fourth-order valence-corrected chi connectivity index (χ4v) is 4.21. The van der Waals surface area contributed by atoms with Gasteiger partial charge in [0.2, 0.25) is 0 Å². The molecule has 2 bridgehead atoms. The molecule has 2 saturated heterocycles. The summed E-state index contributed by atoms with van der Waals surface area (Å²) in [5.41, 5.74) is 0.812. The Morgan fingerprint density at radius 1 is 1.23 bits per heavy atom. The molecule has 2 unspecified atom stereocenters. The average molecular weight is 314 g/mol. The molecule has 2 N–H and O–H groups in total. The van der Waals surface area contributed by atoms with E-state index >= 15 is 0 Å². The monoisotopic (exact) mass is 314 g/mol. The van der Waals surface area contributed by atoms with Gasteiger partial charge in [-0.3, -0.25) is 9.78 Å². The van der Waals surface area contributed by atoms with E-state index in [0.717, 1.165) is 23.5 Å². The normalized spacial score (nSPS) is 26.8. The van der Waals surface area contributed by atoms with Crippen molar-refractivity contribution in [3.63, 3.8) is 0 Å². The van der Waals surface area contributed by atoms with E-state index in [2.05, 4.69) is 20.6 Å². The van der Waals surface area contributed by atoms with Crippen LogP contribution in [-0.2, 0) is 0 Å². The number of hydrogen-bond acceptors (Lipinski definition) is 5. The SMILES string of the molecule is O=C(NC1CC2CCC(C1)N2)c1cnc(-c2ccccn2)s1. The van der Waals surface area contributed by atoms with Crippen LogP contribution < -0.4 is 10.6 Å². The van der Waals surface area contributed by atoms with Gasteiger partial charge in [-0.1, -0.05) is 6.07 Å². The second-order valence-corrected chi connectivity index (χ2v) is 7.05. The van der Waals surface area contributed by atoms with Gasteiger partial charge in [0.1, 0.15) is 9.88 Å². The highest BCUT2D eigenvalue weighted by Gasteiger charge is 2.34. The van der Waals surface area contributed by atoms with Gasteiger partial charge in [0.15, 0.2) is 0 Å². The molecule has 2 aromatic rings. The summed E-state index contributed by atoms with van der Waals surface area (Å²) in [4.78, 5) is 21.7. The predicted octanol–water partition coefficient (Wildman–Crippen LogP) is 2.22. The number of nitrogens with one attached hydrogen (secondary N) is 2. The van der Waals surface area contributed by atoms with Gasteiger partial charge in [0.25, 0.3) is 5.91 Å². The number of amides is 1. The molecule has 22 heavy (non-hydrogen) atoms. The molecular formula is C16H18N4OS. The second kappa shape index (κ2) is 5.78. The third kappa shape index (κ3) is 2.76. The zero-order chi connectivity index (χ0) is 14.9. The first-order valence-corrected chi connectivity index (χ1v) is 8.54. The lowest BCUT2D eigenvalue weighted by Gasteiger charge is -2.29. The van der Waals surface area contributed by atoms with Gasteiger partial charge in [0.05, 0.1) is 11.9 Å². The number of fused-ring (bicyclic) bond motifs is 2. The number of carbonyl (C=O) groups is 1. The Bertz CT molecular complexity index is 660. The van der Waals surface area contributed by atoms with Crippen molar-refractivity contribution in [2.75, 3.05) is 0 Å². The van der Waals surface area contributed by atoms with E-state index < -0.39 is 0 Å². The molecule has 114 valence electrons. The number of aromatic nitrogens is 2. The second-order valence-electron chi connectivity index (χ2n) is 6.02. The maximum Gasteiger partial charge on any atom is 0.263 e. The van der Waals surface area contributed by atoms with E-state index in [1.165, 1.54) is 24.2 Å². The molecule has 2 aliphatic rings. The van der Waals surface area contributed by atoms with Gasteiger partial charge in [-0.15, -0.1) is 11.3 Å². The van der Waals surface area contributed by atoms with E-state index in [1.54, 1.807) is 12.4 Å². The summed E-state index contributed by atoms with van der Waals surface area (Å²) in [6, 6.07) is 7.14. The van der Waals surface area contributed by atoms with Gasteiger partial charge in [0, 0.05) is 24.3 Å². The van der Waals surface area contributed by atoms with Crippen molar-refractivity contribution in [2.45, 2.75) is 43.8 Å². The number of carbonyl (C=O) groups excluding carboxylic acids is 1. The molecule has 0 aliphatic carbocycles. The van der Waals surface area contributed by atoms with E-state index in [1.807, 2.05) is 18.2 Å². The minimum atomic E-state index is -0.00835. The van der Waals surface area contributed by atoms with Gasteiger partial charge in [-0.25, -0.2) is 4.98 Å². The van der Waals surface area contributed by atoms with Crippen molar-refractivity contribution in [3.8, 4) is 10.7 Å². The van der Waals surface area contributed by atoms with Crippen molar-refractivity contribution in [2.24, 2.45) is 0 Å². The highest BCUT2D eigenvalue weighted by atomic mass is 32.1. The molecule has 5 nitrogen and oxygen atoms in total.